The highest BCUT2D eigenvalue weighted by molar-refractivity contribution is 5.86. The zero-order valence-corrected chi connectivity index (χ0v) is 7.05. The summed E-state index contributed by atoms with van der Waals surface area (Å²) in [6.45, 7) is 0.169. The molecule has 5 N–H and O–H groups in total. The maximum absolute atomic E-state index is 10.6. The van der Waals surface area contributed by atoms with Crippen molar-refractivity contribution in [3.8, 4) is 0 Å². The predicted octanol–water partition coefficient (Wildman–Crippen LogP) is -1.30. The lowest BCUT2D eigenvalue weighted by Gasteiger charge is -2.28. The monoisotopic (exact) mass is 187 g/mol. The summed E-state index contributed by atoms with van der Waals surface area (Å²) >= 11 is 0. The second kappa shape index (κ2) is 3.87. The first-order valence-electron chi connectivity index (χ1n) is 4.06. The Labute approximate surface area is 75.5 Å². The van der Waals surface area contributed by atoms with E-state index in [2.05, 4.69) is 0 Å². The zero-order valence-electron chi connectivity index (χ0n) is 7.05. The second-order valence-electron chi connectivity index (χ2n) is 3.18. The van der Waals surface area contributed by atoms with Crippen LogP contribution in [0.3, 0.4) is 0 Å². The average Bonchev–Trinajstić information content (AvgIpc) is 2.09. The maximum Gasteiger partial charge on any atom is 0.331 e. The summed E-state index contributed by atoms with van der Waals surface area (Å²) in [7, 11) is 0. The molecule has 0 amide bonds. The molecule has 0 fully saturated rings. The Morgan fingerprint density at radius 2 is 2.23 bits per heavy atom. The van der Waals surface area contributed by atoms with E-state index in [9.17, 15) is 15.0 Å². The van der Waals surface area contributed by atoms with Crippen LogP contribution in [0.1, 0.15) is 6.42 Å². The number of aliphatic hydroxyl groups is 2. The van der Waals surface area contributed by atoms with Gasteiger partial charge in [0, 0.05) is 11.5 Å². The Hall–Kier alpha value is -0.910. The van der Waals surface area contributed by atoms with Gasteiger partial charge in [-0.3, -0.25) is 0 Å². The van der Waals surface area contributed by atoms with Crippen LogP contribution in [0.25, 0.3) is 0 Å². The largest absolute Gasteiger partial charge is 0.478 e. The van der Waals surface area contributed by atoms with E-state index in [1.54, 1.807) is 0 Å². The van der Waals surface area contributed by atoms with Crippen molar-refractivity contribution in [1.29, 1.82) is 0 Å². The average molecular weight is 187 g/mol. The summed E-state index contributed by atoms with van der Waals surface area (Å²) in [5.74, 6) is -1.43. The van der Waals surface area contributed by atoms with Gasteiger partial charge in [-0.25, -0.2) is 4.79 Å². The molecule has 1 rings (SSSR count). The van der Waals surface area contributed by atoms with Gasteiger partial charge in [-0.1, -0.05) is 0 Å². The second-order valence-corrected chi connectivity index (χ2v) is 3.18. The van der Waals surface area contributed by atoms with Crippen LogP contribution in [-0.2, 0) is 4.79 Å². The standard InChI is InChI=1S/C8H13NO4/c9-3-5-1-4(8(12)13)2-6(10)7(5)11/h2,5-7,10-11H,1,3,9H2,(H,12,13). The Morgan fingerprint density at radius 1 is 1.62 bits per heavy atom. The van der Waals surface area contributed by atoms with Crippen molar-refractivity contribution in [3.63, 3.8) is 0 Å². The third-order valence-electron chi connectivity index (χ3n) is 2.26. The van der Waals surface area contributed by atoms with Gasteiger partial charge in [0.25, 0.3) is 0 Å². The minimum atomic E-state index is -1.12. The lowest BCUT2D eigenvalue weighted by molar-refractivity contribution is -0.133. The lowest BCUT2D eigenvalue weighted by atomic mass is 9.85. The Bertz CT molecular complexity index is 238. The zero-order chi connectivity index (χ0) is 10.0. The molecule has 0 aromatic carbocycles. The van der Waals surface area contributed by atoms with E-state index in [1.807, 2.05) is 0 Å². The van der Waals surface area contributed by atoms with E-state index in [-0.39, 0.29) is 24.5 Å². The van der Waals surface area contributed by atoms with Crippen molar-refractivity contribution >= 4 is 5.97 Å². The summed E-state index contributed by atoms with van der Waals surface area (Å²) < 4.78 is 0. The van der Waals surface area contributed by atoms with Gasteiger partial charge in [-0.2, -0.15) is 0 Å². The number of rotatable bonds is 2. The highest BCUT2D eigenvalue weighted by Gasteiger charge is 2.31. The van der Waals surface area contributed by atoms with Gasteiger partial charge in [0.2, 0.25) is 0 Å². The van der Waals surface area contributed by atoms with E-state index < -0.39 is 18.2 Å². The minimum Gasteiger partial charge on any atom is -0.478 e. The van der Waals surface area contributed by atoms with E-state index in [4.69, 9.17) is 10.8 Å². The van der Waals surface area contributed by atoms with Crippen LogP contribution in [0.5, 0.6) is 0 Å². The van der Waals surface area contributed by atoms with Crippen LogP contribution >= 0.6 is 0 Å². The Kier molecular flexibility index (Phi) is 3.02. The van der Waals surface area contributed by atoms with Crippen LogP contribution < -0.4 is 5.73 Å². The highest BCUT2D eigenvalue weighted by Crippen LogP contribution is 2.24. The first-order chi connectivity index (χ1) is 6.06. The number of carboxylic acid groups (broad SMARTS) is 1. The summed E-state index contributed by atoms with van der Waals surface area (Å²) in [4.78, 5) is 10.6. The smallest absolute Gasteiger partial charge is 0.331 e. The number of aliphatic hydroxyl groups excluding tert-OH is 2. The molecule has 3 unspecified atom stereocenters. The van der Waals surface area contributed by atoms with Crippen molar-refractivity contribution in [2.24, 2.45) is 11.7 Å². The molecule has 0 saturated carbocycles. The quantitative estimate of drug-likeness (QED) is 0.430. The fraction of sp³-hybridized carbons (Fsp3) is 0.625. The number of hydrogen-bond donors (Lipinski definition) is 4. The van der Waals surface area contributed by atoms with Gasteiger partial charge in [0.15, 0.2) is 0 Å². The topological polar surface area (TPSA) is 104 Å². The number of hydrogen-bond acceptors (Lipinski definition) is 4. The molecular formula is C8H13NO4. The molecule has 0 saturated heterocycles. The fourth-order valence-electron chi connectivity index (χ4n) is 1.44. The van der Waals surface area contributed by atoms with Gasteiger partial charge in [0.1, 0.15) is 0 Å². The van der Waals surface area contributed by atoms with Gasteiger partial charge in [-0.15, -0.1) is 0 Å². The van der Waals surface area contributed by atoms with Gasteiger partial charge >= 0.3 is 5.97 Å². The SMILES string of the molecule is NCC1CC(C(=O)O)=CC(O)C1O. The molecule has 1 aliphatic carbocycles. The first kappa shape index (κ1) is 10.2. The molecule has 13 heavy (non-hydrogen) atoms. The molecule has 1 aliphatic rings. The molecule has 0 bridgehead atoms. The van der Waals surface area contributed by atoms with Crippen molar-refractivity contribution in [2.75, 3.05) is 6.54 Å². The molecule has 0 radical (unpaired) electrons. The molecule has 0 aliphatic heterocycles. The van der Waals surface area contributed by atoms with Crippen molar-refractivity contribution in [2.45, 2.75) is 18.6 Å². The molecule has 74 valence electrons. The van der Waals surface area contributed by atoms with Crippen LogP contribution in [0.4, 0.5) is 0 Å². The molecule has 0 aromatic rings. The Morgan fingerprint density at radius 3 is 2.69 bits per heavy atom. The number of carboxylic acids is 1. The normalized spacial score (nSPS) is 34.1. The van der Waals surface area contributed by atoms with Gasteiger partial charge < -0.3 is 21.1 Å². The summed E-state index contributed by atoms with van der Waals surface area (Å²) in [6.07, 6.45) is -0.690. The van der Waals surface area contributed by atoms with E-state index in [0.717, 1.165) is 0 Å². The minimum absolute atomic E-state index is 0.119. The third kappa shape index (κ3) is 2.06. The van der Waals surface area contributed by atoms with Crippen molar-refractivity contribution in [1.82, 2.24) is 0 Å². The molecular weight excluding hydrogens is 174 g/mol. The molecule has 0 spiro atoms. The van der Waals surface area contributed by atoms with Crippen LogP contribution in [-0.4, -0.2) is 40.0 Å². The third-order valence-corrected chi connectivity index (χ3v) is 2.26. The van der Waals surface area contributed by atoms with E-state index >= 15 is 0 Å². The van der Waals surface area contributed by atoms with Crippen molar-refractivity contribution in [3.05, 3.63) is 11.6 Å². The molecule has 3 atom stereocenters. The highest BCUT2D eigenvalue weighted by atomic mass is 16.4. The maximum atomic E-state index is 10.6. The van der Waals surface area contributed by atoms with E-state index in [1.165, 1.54) is 6.08 Å². The summed E-state index contributed by atoms with van der Waals surface area (Å²) in [5.41, 5.74) is 5.45. The van der Waals surface area contributed by atoms with Crippen LogP contribution in [0.2, 0.25) is 0 Å². The van der Waals surface area contributed by atoms with E-state index in [0.29, 0.717) is 0 Å². The number of aliphatic carboxylic acids is 1. The number of carbonyl (C=O) groups is 1. The molecule has 0 heterocycles. The van der Waals surface area contributed by atoms with Gasteiger partial charge in [-0.05, 0) is 19.0 Å². The first-order valence-corrected chi connectivity index (χ1v) is 4.06. The van der Waals surface area contributed by atoms with Gasteiger partial charge in [0.05, 0.1) is 12.2 Å². The van der Waals surface area contributed by atoms with Crippen molar-refractivity contribution < 1.29 is 20.1 Å². The van der Waals surface area contributed by atoms with Crippen LogP contribution in [0.15, 0.2) is 11.6 Å². The molecule has 0 aromatic heterocycles. The van der Waals surface area contributed by atoms with Crippen LogP contribution in [0, 0.1) is 5.92 Å². The summed E-state index contributed by atoms with van der Waals surface area (Å²) in [5, 5.41) is 27.3. The Balaban J connectivity index is 2.81. The lowest BCUT2D eigenvalue weighted by Crippen LogP contribution is -2.40. The predicted molar refractivity (Wildman–Crippen MR) is 44.9 cm³/mol. The number of nitrogens with two attached hydrogens (primary N) is 1. The molecule has 5 heteroatoms. The molecule has 5 nitrogen and oxygen atoms in total. The summed E-state index contributed by atoms with van der Waals surface area (Å²) in [6, 6.07) is 0. The fourth-order valence-corrected chi connectivity index (χ4v) is 1.44.